The van der Waals surface area contributed by atoms with E-state index in [1.165, 1.54) is 19.3 Å². The van der Waals surface area contributed by atoms with E-state index in [2.05, 4.69) is 20.9 Å². The van der Waals surface area contributed by atoms with E-state index in [-0.39, 0.29) is 54.4 Å². The molecule has 276 valence electrons. The molecule has 2 fully saturated rings. The van der Waals surface area contributed by atoms with Crippen LogP contribution in [-0.2, 0) is 16.0 Å². The van der Waals surface area contributed by atoms with Crippen LogP contribution in [0.2, 0.25) is 0 Å². The molecule has 1 heterocycles. The zero-order chi connectivity index (χ0) is 36.4. The Morgan fingerprint density at radius 2 is 1.47 bits per heavy atom. The maximum absolute atomic E-state index is 14.1. The van der Waals surface area contributed by atoms with Crippen molar-refractivity contribution < 1.29 is 19.5 Å². The molecule has 9 nitrogen and oxygen atoms in total. The van der Waals surface area contributed by atoms with Crippen molar-refractivity contribution in [1.82, 2.24) is 25.8 Å². The second-order valence-electron chi connectivity index (χ2n) is 16.1. The van der Waals surface area contributed by atoms with Crippen LogP contribution in [0.25, 0.3) is 10.9 Å². The number of aliphatic hydroxyl groups is 1. The first-order valence-electron chi connectivity index (χ1n) is 19.2. The molecule has 0 radical (unpaired) electrons. The first-order valence-corrected chi connectivity index (χ1v) is 19.2. The second kappa shape index (κ2) is 18.1. The highest BCUT2D eigenvalue weighted by Gasteiger charge is 2.34. The first-order chi connectivity index (χ1) is 24.4. The molecule has 0 saturated heterocycles. The Bertz CT molecular complexity index is 1580. The van der Waals surface area contributed by atoms with Gasteiger partial charge in [0.1, 0.15) is 5.69 Å². The molecule has 51 heavy (non-hydrogen) atoms. The summed E-state index contributed by atoms with van der Waals surface area (Å²) in [7, 11) is 1.92. The third-order valence-electron chi connectivity index (χ3n) is 10.6. The molecule has 1 aromatic heterocycles. The smallest absolute Gasteiger partial charge is 0.270 e. The van der Waals surface area contributed by atoms with Gasteiger partial charge in [0.25, 0.3) is 5.91 Å². The van der Waals surface area contributed by atoms with E-state index in [4.69, 9.17) is 0 Å². The third-order valence-corrected chi connectivity index (χ3v) is 10.6. The quantitative estimate of drug-likeness (QED) is 0.159. The van der Waals surface area contributed by atoms with Gasteiger partial charge in [-0.2, -0.15) is 0 Å². The fraction of sp³-hybridized carbons (Fsp3) is 0.571. The number of para-hydroxylation sites is 1. The van der Waals surface area contributed by atoms with Gasteiger partial charge >= 0.3 is 0 Å². The number of carbonyl (C=O) groups excluding carboxylic acids is 3. The Hall–Kier alpha value is -3.82. The molecule has 2 aliphatic rings. The number of rotatable bonds is 14. The minimum atomic E-state index is -0.813. The Morgan fingerprint density at radius 3 is 2.18 bits per heavy atom. The van der Waals surface area contributed by atoms with Crippen LogP contribution >= 0.6 is 0 Å². The number of pyridine rings is 1. The molecular formula is C42H59N5O4. The highest BCUT2D eigenvalue weighted by Crippen LogP contribution is 2.29. The maximum Gasteiger partial charge on any atom is 0.270 e. The van der Waals surface area contributed by atoms with Gasteiger partial charge in [-0.3, -0.25) is 19.3 Å². The average molecular weight is 698 g/mol. The summed E-state index contributed by atoms with van der Waals surface area (Å²) in [6.07, 6.45) is 10.1. The summed E-state index contributed by atoms with van der Waals surface area (Å²) in [5.41, 5.74) is 1.79. The molecule has 1 unspecified atom stereocenters. The van der Waals surface area contributed by atoms with Crippen molar-refractivity contribution in [2.75, 3.05) is 13.6 Å². The Morgan fingerprint density at radius 1 is 0.824 bits per heavy atom. The van der Waals surface area contributed by atoms with Gasteiger partial charge in [-0.15, -0.1) is 0 Å². The lowest BCUT2D eigenvalue weighted by Gasteiger charge is -2.36. The second-order valence-corrected chi connectivity index (χ2v) is 16.1. The number of fused-ring (bicyclic) bond motifs is 1. The summed E-state index contributed by atoms with van der Waals surface area (Å²) in [6, 6.07) is 20.5. The van der Waals surface area contributed by atoms with Crippen LogP contribution < -0.4 is 16.0 Å². The summed E-state index contributed by atoms with van der Waals surface area (Å²) < 4.78 is 0. The van der Waals surface area contributed by atoms with Gasteiger partial charge in [0, 0.05) is 35.5 Å². The largest absolute Gasteiger partial charge is 0.392 e. The number of hydrogen-bond donors (Lipinski definition) is 4. The summed E-state index contributed by atoms with van der Waals surface area (Å²) >= 11 is 0. The Kier molecular flexibility index (Phi) is 13.6. The molecular weight excluding hydrogens is 638 g/mol. The van der Waals surface area contributed by atoms with Crippen molar-refractivity contribution in [2.45, 2.75) is 128 Å². The van der Waals surface area contributed by atoms with E-state index in [1.807, 2.05) is 93.4 Å². The van der Waals surface area contributed by atoms with Crippen LogP contribution in [0.3, 0.4) is 0 Å². The fourth-order valence-corrected chi connectivity index (χ4v) is 7.93. The number of hydrogen-bond acceptors (Lipinski definition) is 6. The fourth-order valence-electron chi connectivity index (χ4n) is 7.93. The average Bonchev–Trinajstić information content (AvgIpc) is 3.11. The van der Waals surface area contributed by atoms with Crippen molar-refractivity contribution in [3.63, 3.8) is 0 Å². The van der Waals surface area contributed by atoms with Crippen LogP contribution in [-0.4, -0.2) is 76.1 Å². The van der Waals surface area contributed by atoms with Gasteiger partial charge in [-0.05, 0) is 83.5 Å². The minimum Gasteiger partial charge on any atom is -0.392 e. The molecule has 0 aliphatic heterocycles. The molecule has 5 atom stereocenters. The van der Waals surface area contributed by atoms with Crippen molar-refractivity contribution >= 4 is 28.6 Å². The topological polar surface area (TPSA) is 124 Å². The SMILES string of the molecule is CN(CC(O)C[C@H](Cc1ccccc1)C(=O)N[C@H]1CCCC[C@@H]1NC(=O)c1ccc2ccccc2n1)[C@@H](CC1CCCCC1)C(=O)NC(C)(C)C. The number of amides is 3. The van der Waals surface area contributed by atoms with E-state index in [0.717, 1.165) is 61.4 Å². The standard InChI is InChI=1S/C42H59N5O4/c1-42(2,3)46-41(51)38(26-30-17-9-6-10-18-30)47(4)28-33(48)27-32(25-29-15-7-5-8-16-29)39(49)44-35-21-13-14-22-36(35)45-40(50)37-24-23-31-19-11-12-20-34(31)43-37/h5,7-8,11-12,15-16,19-20,23-24,30,32-33,35-36,38,48H,6,9-10,13-14,17-18,21-22,25-28H2,1-4H3,(H,44,49)(H,45,50)(H,46,51)/t32-,33?,35-,36-,38-/m0/s1. The van der Waals surface area contributed by atoms with Crippen LogP contribution in [0.4, 0.5) is 0 Å². The summed E-state index contributed by atoms with van der Waals surface area (Å²) in [6.45, 7) is 6.26. The lowest BCUT2D eigenvalue weighted by atomic mass is 9.84. The van der Waals surface area contributed by atoms with E-state index in [1.54, 1.807) is 6.07 Å². The summed E-state index contributed by atoms with van der Waals surface area (Å²) in [5, 5.41) is 22.2. The molecule has 0 bridgehead atoms. The van der Waals surface area contributed by atoms with Crippen LogP contribution in [0.15, 0.2) is 66.7 Å². The predicted molar refractivity (Wildman–Crippen MR) is 203 cm³/mol. The molecule has 2 saturated carbocycles. The highest BCUT2D eigenvalue weighted by molar-refractivity contribution is 5.95. The number of nitrogens with zero attached hydrogens (tertiary/aromatic N) is 2. The van der Waals surface area contributed by atoms with Gasteiger partial charge < -0.3 is 21.1 Å². The molecule has 9 heteroatoms. The lowest BCUT2D eigenvalue weighted by Crippen LogP contribution is -2.55. The molecule has 5 rings (SSSR count). The van der Waals surface area contributed by atoms with Gasteiger partial charge in [0.2, 0.25) is 11.8 Å². The Balaban J connectivity index is 1.26. The predicted octanol–water partition coefficient (Wildman–Crippen LogP) is 6.19. The van der Waals surface area contributed by atoms with Crippen LogP contribution in [0.1, 0.15) is 107 Å². The number of aromatic nitrogens is 1. The number of carbonyl (C=O) groups is 3. The Labute approximate surface area is 304 Å². The molecule has 3 amide bonds. The van der Waals surface area contributed by atoms with Crippen molar-refractivity contribution in [1.29, 1.82) is 0 Å². The third kappa shape index (κ3) is 11.6. The molecule has 4 N–H and O–H groups in total. The first kappa shape index (κ1) is 38.4. The highest BCUT2D eigenvalue weighted by atomic mass is 16.3. The number of benzene rings is 2. The van der Waals surface area contributed by atoms with Gasteiger partial charge in [0.05, 0.1) is 17.7 Å². The molecule has 2 aliphatic carbocycles. The minimum absolute atomic E-state index is 0.00868. The summed E-state index contributed by atoms with van der Waals surface area (Å²) in [5.74, 6) is -0.377. The molecule has 0 spiro atoms. The van der Waals surface area contributed by atoms with Crippen molar-refractivity contribution in [3.8, 4) is 0 Å². The maximum atomic E-state index is 14.1. The van der Waals surface area contributed by atoms with Gasteiger partial charge in [-0.25, -0.2) is 4.98 Å². The van der Waals surface area contributed by atoms with E-state index < -0.39 is 12.0 Å². The van der Waals surface area contributed by atoms with Crippen molar-refractivity contribution in [2.24, 2.45) is 11.8 Å². The van der Waals surface area contributed by atoms with Crippen LogP contribution in [0, 0.1) is 11.8 Å². The lowest BCUT2D eigenvalue weighted by molar-refractivity contribution is -0.130. The number of aliphatic hydroxyl groups excluding tert-OH is 1. The zero-order valence-electron chi connectivity index (χ0n) is 31.1. The van der Waals surface area contributed by atoms with E-state index >= 15 is 0 Å². The van der Waals surface area contributed by atoms with E-state index in [9.17, 15) is 19.5 Å². The van der Waals surface area contributed by atoms with Crippen LogP contribution in [0.5, 0.6) is 0 Å². The monoisotopic (exact) mass is 697 g/mol. The summed E-state index contributed by atoms with van der Waals surface area (Å²) in [4.78, 5) is 47.6. The number of nitrogens with one attached hydrogen (secondary N) is 3. The normalized spacial score (nSPS) is 20.4. The van der Waals surface area contributed by atoms with Crippen molar-refractivity contribution in [3.05, 3.63) is 78.0 Å². The number of likely N-dealkylation sites (N-methyl/N-ethyl adjacent to an activating group) is 1. The van der Waals surface area contributed by atoms with Gasteiger partial charge in [0.15, 0.2) is 0 Å². The zero-order valence-corrected chi connectivity index (χ0v) is 31.1. The molecule has 2 aromatic carbocycles. The van der Waals surface area contributed by atoms with E-state index in [0.29, 0.717) is 18.0 Å². The molecule has 3 aromatic rings. The van der Waals surface area contributed by atoms with Gasteiger partial charge in [-0.1, -0.05) is 99.5 Å².